The molecule has 3 rings (SSSR count). The van der Waals surface area contributed by atoms with E-state index in [-0.39, 0.29) is 16.6 Å². The van der Waals surface area contributed by atoms with Crippen molar-refractivity contribution < 1.29 is 22.7 Å². The van der Waals surface area contributed by atoms with Crippen LogP contribution in [0, 0.1) is 5.92 Å². The van der Waals surface area contributed by atoms with Crippen LogP contribution < -0.4 is 4.74 Å². The third kappa shape index (κ3) is 4.62. The zero-order valence-corrected chi connectivity index (χ0v) is 16.8. The largest absolute Gasteiger partial charge is 0.495 e. The maximum absolute atomic E-state index is 13.1. The van der Waals surface area contributed by atoms with Gasteiger partial charge in [-0.2, -0.15) is 4.31 Å². The van der Waals surface area contributed by atoms with E-state index in [2.05, 4.69) is 0 Å². The van der Waals surface area contributed by atoms with Gasteiger partial charge in [-0.3, -0.25) is 4.79 Å². The fourth-order valence-electron chi connectivity index (χ4n) is 3.28. The molecule has 150 valence electrons. The maximum atomic E-state index is 13.1. The second kappa shape index (κ2) is 8.58. The van der Waals surface area contributed by atoms with Crippen molar-refractivity contribution in [2.75, 3.05) is 46.5 Å². The van der Waals surface area contributed by atoms with Crippen LogP contribution in [-0.4, -0.2) is 70.0 Å². The number of morpholine rings is 1. The van der Waals surface area contributed by atoms with Crippen LogP contribution >= 0.6 is 0 Å². The number of amides is 1. The maximum Gasteiger partial charge on any atom is 0.253 e. The lowest BCUT2D eigenvalue weighted by Crippen LogP contribution is -2.40. The van der Waals surface area contributed by atoms with E-state index in [1.807, 2.05) is 11.8 Å². The van der Waals surface area contributed by atoms with Crippen LogP contribution in [0.5, 0.6) is 5.75 Å². The number of rotatable bonds is 8. The van der Waals surface area contributed by atoms with E-state index in [0.29, 0.717) is 44.3 Å². The molecule has 1 amide bonds. The number of ether oxygens (including phenoxy) is 2. The highest BCUT2D eigenvalue weighted by molar-refractivity contribution is 7.89. The Kier molecular flexibility index (Phi) is 6.39. The molecule has 0 spiro atoms. The number of hydrogen-bond acceptors (Lipinski definition) is 5. The second-order valence-corrected chi connectivity index (χ2v) is 8.98. The van der Waals surface area contributed by atoms with Crippen LogP contribution in [-0.2, 0) is 14.8 Å². The van der Waals surface area contributed by atoms with Crippen LogP contribution in [0.4, 0.5) is 0 Å². The predicted octanol–water partition coefficient (Wildman–Crippen LogP) is 1.98. The molecule has 0 aromatic heterocycles. The zero-order chi connectivity index (χ0) is 19.4. The van der Waals surface area contributed by atoms with Gasteiger partial charge in [-0.15, -0.1) is 0 Å². The number of hydrogen-bond donors (Lipinski definition) is 0. The quantitative estimate of drug-likeness (QED) is 0.672. The lowest BCUT2D eigenvalue weighted by atomic mass is 10.1. The molecule has 7 nitrogen and oxygen atoms in total. The van der Waals surface area contributed by atoms with Gasteiger partial charge in [0.2, 0.25) is 10.0 Å². The molecule has 0 bridgehead atoms. The summed E-state index contributed by atoms with van der Waals surface area (Å²) < 4.78 is 38.1. The molecule has 1 aromatic carbocycles. The summed E-state index contributed by atoms with van der Waals surface area (Å²) in [4.78, 5) is 14.9. The molecule has 1 aliphatic heterocycles. The molecular formula is C19H28N2O5S. The van der Waals surface area contributed by atoms with Gasteiger partial charge in [0.1, 0.15) is 10.6 Å². The molecule has 1 heterocycles. The third-order valence-electron chi connectivity index (χ3n) is 4.95. The summed E-state index contributed by atoms with van der Waals surface area (Å²) in [6.07, 6.45) is 3.19. The number of methoxy groups -OCH3 is 1. The minimum Gasteiger partial charge on any atom is -0.495 e. The first-order chi connectivity index (χ1) is 13.0. The minimum atomic E-state index is -3.75. The van der Waals surface area contributed by atoms with Gasteiger partial charge in [0.25, 0.3) is 5.91 Å². The normalized spacial score (nSPS) is 18.3. The Balaban J connectivity index is 1.91. The molecule has 1 saturated heterocycles. The molecular weight excluding hydrogens is 368 g/mol. The lowest BCUT2D eigenvalue weighted by Gasteiger charge is -2.27. The lowest BCUT2D eigenvalue weighted by molar-refractivity contribution is 0.0728. The number of carbonyl (C=O) groups is 1. The summed E-state index contributed by atoms with van der Waals surface area (Å²) in [6.45, 7) is 4.78. The Labute approximate surface area is 161 Å². The van der Waals surface area contributed by atoms with Gasteiger partial charge in [0.15, 0.2) is 0 Å². The molecule has 27 heavy (non-hydrogen) atoms. The Morgan fingerprint density at radius 3 is 2.59 bits per heavy atom. The minimum absolute atomic E-state index is 0.0422. The third-order valence-corrected chi connectivity index (χ3v) is 6.87. The molecule has 1 saturated carbocycles. The van der Waals surface area contributed by atoms with E-state index >= 15 is 0 Å². The van der Waals surface area contributed by atoms with E-state index in [0.717, 1.165) is 25.8 Å². The summed E-state index contributed by atoms with van der Waals surface area (Å²) in [5, 5.41) is 0. The monoisotopic (exact) mass is 396 g/mol. The average Bonchev–Trinajstić information content (AvgIpc) is 3.51. The molecule has 0 N–H and O–H groups in total. The number of nitrogens with zero attached hydrogens (tertiary/aromatic N) is 2. The van der Waals surface area contributed by atoms with Crippen molar-refractivity contribution in [3.05, 3.63) is 23.8 Å². The summed E-state index contributed by atoms with van der Waals surface area (Å²) in [5.74, 6) is 0.711. The van der Waals surface area contributed by atoms with Gasteiger partial charge >= 0.3 is 0 Å². The molecule has 1 aliphatic carbocycles. The average molecular weight is 397 g/mol. The Bertz CT molecular complexity index is 770. The highest BCUT2D eigenvalue weighted by atomic mass is 32.2. The highest BCUT2D eigenvalue weighted by Crippen LogP contribution is 2.32. The highest BCUT2D eigenvalue weighted by Gasteiger charge is 2.31. The first kappa shape index (κ1) is 20.1. The molecule has 2 fully saturated rings. The molecule has 0 atom stereocenters. The standard InChI is InChI=1S/C19H28N2O5S/c1-3-8-20(14-15-4-5-15)19(22)16-6-7-17(25-2)18(13-16)27(23,24)21-9-11-26-12-10-21/h6-7,13,15H,3-5,8-12,14H2,1-2H3. The van der Waals surface area contributed by atoms with Crippen molar-refractivity contribution in [2.24, 2.45) is 5.92 Å². The van der Waals surface area contributed by atoms with Crippen molar-refractivity contribution in [3.8, 4) is 5.75 Å². The smallest absolute Gasteiger partial charge is 0.253 e. The van der Waals surface area contributed by atoms with Crippen molar-refractivity contribution in [3.63, 3.8) is 0 Å². The first-order valence-corrected chi connectivity index (χ1v) is 11.0. The van der Waals surface area contributed by atoms with E-state index < -0.39 is 10.0 Å². The SMILES string of the molecule is CCCN(CC1CC1)C(=O)c1ccc(OC)c(S(=O)(=O)N2CCOCC2)c1. The summed E-state index contributed by atoms with van der Waals surface area (Å²) in [7, 11) is -2.32. The summed E-state index contributed by atoms with van der Waals surface area (Å²) >= 11 is 0. The van der Waals surface area contributed by atoms with E-state index in [9.17, 15) is 13.2 Å². The topological polar surface area (TPSA) is 76.2 Å². The van der Waals surface area contributed by atoms with E-state index in [1.165, 1.54) is 17.5 Å². The molecule has 1 aromatic rings. The van der Waals surface area contributed by atoms with Crippen molar-refractivity contribution in [2.45, 2.75) is 31.1 Å². The fourth-order valence-corrected chi connectivity index (χ4v) is 4.87. The Morgan fingerprint density at radius 2 is 2.00 bits per heavy atom. The van der Waals surface area contributed by atoms with Crippen LogP contribution in [0.25, 0.3) is 0 Å². The molecule has 0 radical (unpaired) electrons. The van der Waals surface area contributed by atoms with Gasteiger partial charge in [-0.25, -0.2) is 8.42 Å². The van der Waals surface area contributed by atoms with Gasteiger partial charge in [0.05, 0.1) is 20.3 Å². The van der Waals surface area contributed by atoms with Crippen LogP contribution in [0.2, 0.25) is 0 Å². The van der Waals surface area contributed by atoms with Crippen molar-refractivity contribution in [1.82, 2.24) is 9.21 Å². The van der Waals surface area contributed by atoms with Crippen LogP contribution in [0.1, 0.15) is 36.5 Å². The first-order valence-electron chi connectivity index (χ1n) is 9.52. The van der Waals surface area contributed by atoms with Crippen molar-refractivity contribution in [1.29, 1.82) is 0 Å². The van der Waals surface area contributed by atoms with Gasteiger partial charge < -0.3 is 14.4 Å². The Morgan fingerprint density at radius 1 is 1.30 bits per heavy atom. The number of carbonyl (C=O) groups excluding carboxylic acids is 1. The van der Waals surface area contributed by atoms with Crippen molar-refractivity contribution >= 4 is 15.9 Å². The predicted molar refractivity (Wildman–Crippen MR) is 101 cm³/mol. The van der Waals surface area contributed by atoms with E-state index in [1.54, 1.807) is 12.1 Å². The van der Waals surface area contributed by atoms with Gasteiger partial charge in [-0.05, 0) is 43.4 Å². The zero-order valence-electron chi connectivity index (χ0n) is 16.0. The Hall–Kier alpha value is -1.64. The van der Waals surface area contributed by atoms with Gasteiger partial charge in [0, 0.05) is 31.7 Å². The van der Waals surface area contributed by atoms with Gasteiger partial charge in [-0.1, -0.05) is 6.92 Å². The molecule has 8 heteroatoms. The van der Waals surface area contributed by atoms with Crippen LogP contribution in [0.15, 0.2) is 23.1 Å². The second-order valence-electron chi connectivity index (χ2n) is 7.08. The van der Waals surface area contributed by atoms with E-state index in [4.69, 9.17) is 9.47 Å². The molecule has 2 aliphatic rings. The number of sulfonamides is 1. The summed E-state index contributed by atoms with van der Waals surface area (Å²) in [6, 6.07) is 4.68. The summed E-state index contributed by atoms with van der Waals surface area (Å²) in [5.41, 5.74) is 0.386. The van der Waals surface area contributed by atoms with Crippen LogP contribution in [0.3, 0.4) is 0 Å². The fraction of sp³-hybridized carbons (Fsp3) is 0.632. The molecule has 0 unspecified atom stereocenters. The number of benzene rings is 1.